The molecule has 0 saturated carbocycles. The lowest BCUT2D eigenvalue weighted by Crippen LogP contribution is -2.24. The fourth-order valence-electron chi connectivity index (χ4n) is 2.96. The van der Waals surface area contributed by atoms with E-state index in [1.54, 1.807) is 48.5 Å². The maximum absolute atomic E-state index is 12.4. The summed E-state index contributed by atoms with van der Waals surface area (Å²) in [5.41, 5.74) is 3.47. The summed E-state index contributed by atoms with van der Waals surface area (Å²) in [6.45, 7) is 4.15. The number of rotatable bonds is 9. The van der Waals surface area contributed by atoms with Crippen molar-refractivity contribution in [3.8, 4) is 0 Å². The Morgan fingerprint density at radius 3 is 2.15 bits per heavy atom. The van der Waals surface area contributed by atoms with Crippen LogP contribution in [0.4, 0.5) is 17.1 Å². The number of anilines is 3. The number of hydrogen-bond acceptors (Lipinski definition) is 4. The molecule has 0 aliphatic heterocycles. The average Bonchev–Trinajstić information content (AvgIpc) is 2.83. The third-order valence-corrected chi connectivity index (χ3v) is 4.83. The van der Waals surface area contributed by atoms with E-state index in [0.29, 0.717) is 23.5 Å². The monoisotopic (exact) mass is 444 g/mol. The highest BCUT2D eigenvalue weighted by Crippen LogP contribution is 2.15. The number of carbonyl (C=O) groups excluding carboxylic acids is 3. The van der Waals surface area contributed by atoms with Crippen molar-refractivity contribution in [2.45, 2.75) is 20.4 Å². The molecule has 0 aliphatic rings. The molecule has 3 aromatic rings. The Morgan fingerprint density at radius 2 is 1.45 bits per heavy atom. The molecule has 0 atom stereocenters. The average molecular weight is 445 g/mol. The van der Waals surface area contributed by atoms with E-state index in [4.69, 9.17) is 0 Å². The van der Waals surface area contributed by atoms with E-state index in [9.17, 15) is 14.4 Å². The molecule has 0 radical (unpaired) electrons. The van der Waals surface area contributed by atoms with Crippen LogP contribution in [-0.4, -0.2) is 24.3 Å². The second-order valence-corrected chi connectivity index (χ2v) is 7.87. The van der Waals surface area contributed by atoms with Crippen LogP contribution >= 0.6 is 0 Å². The SMILES string of the molecule is CC(C)C(=O)Nc1ccc(NCC(=O)Nc2cccc(C(=O)NCc3ccccc3)c2)cc1. The van der Waals surface area contributed by atoms with Crippen LogP contribution in [0.1, 0.15) is 29.8 Å². The van der Waals surface area contributed by atoms with Gasteiger partial charge in [0.1, 0.15) is 0 Å². The van der Waals surface area contributed by atoms with E-state index in [1.807, 2.05) is 44.2 Å². The van der Waals surface area contributed by atoms with Gasteiger partial charge in [-0.05, 0) is 48.0 Å². The lowest BCUT2D eigenvalue weighted by molar-refractivity contribution is -0.119. The molecule has 4 N–H and O–H groups in total. The van der Waals surface area contributed by atoms with E-state index in [-0.39, 0.29) is 30.2 Å². The first-order valence-corrected chi connectivity index (χ1v) is 10.8. The van der Waals surface area contributed by atoms with Crippen molar-refractivity contribution >= 4 is 34.8 Å². The summed E-state index contributed by atoms with van der Waals surface area (Å²) in [7, 11) is 0. The second kappa shape index (κ2) is 11.5. The molecule has 3 aromatic carbocycles. The molecule has 170 valence electrons. The molecule has 0 unspecified atom stereocenters. The second-order valence-electron chi connectivity index (χ2n) is 7.87. The Kier molecular flexibility index (Phi) is 8.18. The highest BCUT2D eigenvalue weighted by molar-refractivity contribution is 5.98. The van der Waals surface area contributed by atoms with Gasteiger partial charge in [-0.15, -0.1) is 0 Å². The molecule has 7 heteroatoms. The van der Waals surface area contributed by atoms with Crippen LogP contribution < -0.4 is 21.3 Å². The summed E-state index contributed by atoms with van der Waals surface area (Å²) in [6, 6.07) is 23.6. The molecular weight excluding hydrogens is 416 g/mol. The zero-order valence-electron chi connectivity index (χ0n) is 18.7. The predicted molar refractivity (Wildman–Crippen MR) is 131 cm³/mol. The summed E-state index contributed by atoms with van der Waals surface area (Å²) in [5.74, 6) is -0.599. The minimum Gasteiger partial charge on any atom is -0.376 e. The number of hydrogen-bond donors (Lipinski definition) is 4. The molecule has 0 heterocycles. The van der Waals surface area contributed by atoms with Crippen LogP contribution in [0.25, 0.3) is 0 Å². The third-order valence-electron chi connectivity index (χ3n) is 4.83. The van der Waals surface area contributed by atoms with Crippen molar-refractivity contribution in [3.05, 3.63) is 90.0 Å². The van der Waals surface area contributed by atoms with Gasteiger partial charge >= 0.3 is 0 Å². The molecule has 3 rings (SSSR count). The number of amides is 3. The van der Waals surface area contributed by atoms with Gasteiger partial charge in [-0.3, -0.25) is 14.4 Å². The van der Waals surface area contributed by atoms with Gasteiger partial charge in [-0.25, -0.2) is 0 Å². The molecule has 3 amide bonds. The van der Waals surface area contributed by atoms with Crippen molar-refractivity contribution in [2.24, 2.45) is 5.92 Å². The predicted octanol–water partition coefficient (Wildman–Crippen LogP) is 4.26. The van der Waals surface area contributed by atoms with E-state index < -0.39 is 0 Å². The summed E-state index contributed by atoms with van der Waals surface area (Å²) in [5, 5.41) is 11.5. The zero-order valence-corrected chi connectivity index (χ0v) is 18.7. The van der Waals surface area contributed by atoms with Crippen LogP contribution in [0.5, 0.6) is 0 Å². The maximum Gasteiger partial charge on any atom is 0.251 e. The smallest absolute Gasteiger partial charge is 0.251 e. The fraction of sp³-hybridized carbons (Fsp3) is 0.192. The maximum atomic E-state index is 12.4. The van der Waals surface area contributed by atoms with Crippen molar-refractivity contribution in [3.63, 3.8) is 0 Å². The van der Waals surface area contributed by atoms with Crippen LogP contribution in [0.15, 0.2) is 78.9 Å². The van der Waals surface area contributed by atoms with Gasteiger partial charge in [0, 0.05) is 35.1 Å². The van der Waals surface area contributed by atoms with E-state index in [2.05, 4.69) is 21.3 Å². The molecule has 0 bridgehead atoms. The number of carbonyl (C=O) groups is 3. The third kappa shape index (κ3) is 7.50. The topological polar surface area (TPSA) is 99.3 Å². The van der Waals surface area contributed by atoms with Crippen LogP contribution in [0, 0.1) is 5.92 Å². The Morgan fingerprint density at radius 1 is 0.758 bits per heavy atom. The molecule has 0 aromatic heterocycles. The van der Waals surface area contributed by atoms with Crippen molar-refractivity contribution < 1.29 is 14.4 Å². The highest BCUT2D eigenvalue weighted by atomic mass is 16.2. The van der Waals surface area contributed by atoms with Gasteiger partial charge in [0.2, 0.25) is 11.8 Å². The number of nitrogens with one attached hydrogen (secondary N) is 4. The molecule has 7 nitrogen and oxygen atoms in total. The van der Waals surface area contributed by atoms with Crippen LogP contribution in [0.2, 0.25) is 0 Å². The standard InChI is InChI=1S/C26H28N4O3/c1-18(2)25(32)30-22-13-11-21(12-14-22)27-17-24(31)29-23-10-6-9-20(15-23)26(33)28-16-19-7-4-3-5-8-19/h3-15,18,27H,16-17H2,1-2H3,(H,28,33)(H,29,31)(H,30,32). The molecule has 33 heavy (non-hydrogen) atoms. The van der Waals surface area contributed by atoms with E-state index >= 15 is 0 Å². The van der Waals surface area contributed by atoms with Gasteiger partial charge in [-0.2, -0.15) is 0 Å². The van der Waals surface area contributed by atoms with Crippen molar-refractivity contribution in [1.29, 1.82) is 0 Å². The largest absolute Gasteiger partial charge is 0.376 e. The molecular formula is C26H28N4O3. The van der Waals surface area contributed by atoms with Gasteiger partial charge in [0.15, 0.2) is 0 Å². The zero-order chi connectivity index (χ0) is 23.6. The summed E-state index contributed by atoms with van der Waals surface area (Å²) >= 11 is 0. The van der Waals surface area contributed by atoms with E-state index in [0.717, 1.165) is 11.3 Å². The summed E-state index contributed by atoms with van der Waals surface area (Å²) < 4.78 is 0. The first-order valence-electron chi connectivity index (χ1n) is 10.8. The molecule has 0 spiro atoms. The Bertz CT molecular complexity index is 1100. The van der Waals surface area contributed by atoms with Gasteiger partial charge in [-0.1, -0.05) is 50.2 Å². The molecule has 0 aliphatic carbocycles. The van der Waals surface area contributed by atoms with Gasteiger partial charge in [0.05, 0.1) is 6.54 Å². The first-order chi connectivity index (χ1) is 15.9. The Labute approximate surface area is 193 Å². The van der Waals surface area contributed by atoms with E-state index in [1.165, 1.54) is 0 Å². The summed E-state index contributed by atoms with van der Waals surface area (Å²) in [6.07, 6.45) is 0. The normalized spacial score (nSPS) is 10.4. The van der Waals surface area contributed by atoms with Crippen LogP contribution in [-0.2, 0) is 16.1 Å². The number of benzene rings is 3. The quantitative estimate of drug-likeness (QED) is 0.396. The lowest BCUT2D eigenvalue weighted by Gasteiger charge is -2.11. The molecule has 0 saturated heterocycles. The first kappa shape index (κ1) is 23.5. The van der Waals surface area contributed by atoms with Gasteiger partial charge < -0.3 is 21.3 Å². The van der Waals surface area contributed by atoms with Crippen molar-refractivity contribution in [2.75, 3.05) is 22.5 Å². The summed E-state index contributed by atoms with van der Waals surface area (Å²) in [4.78, 5) is 36.5. The Balaban J connectivity index is 1.48. The van der Waals surface area contributed by atoms with Crippen LogP contribution in [0.3, 0.4) is 0 Å². The van der Waals surface area contributed by atoms with Crippen molar-refractivity contribution in [1.82, 2.24) is 5.32 Å². The minimum absolute atomic E-state index is 0.0499. The Hall–Kier alpha value is -4.13. The lowest BCUT2D eigenvalue weighted by atomic mass is 10.1. The minimum atomic E-state index is -0.242. The molecule has 0 fully saturated rings. The highest BCUT2D eigenvalue weighted by Gasteiger charge is 2.09. The van der Waals surface area contributed by atoms with Gasteiger partial charge in [0.25, 0.3) is 5.91 Å². The fourth-order valence-corrected chi connectivity index (χ4v) is 2.96.